The average Bonchev–Trinajstić information content (AvgIpc) is 3.59. The Labute approximate surface area is 170 Å². The molecule has 0 radical (unpaired) electrons. The predicted molar refractivity (Wildman–Crippen MR) is 111 cm³/mol. The highest BCUT2D eigenvalue weighted by molar-refractivity contribution is 5.84. The third-order valence-electron chi connectivity index (χ3n) is 6.16. The van der Waals surface area contributed by atoms with Gasteiger partial charge in [-0.25, -0.2) is 0 Å². The van der Waals surface area contributed by atoms with Crippen molar-refractivity contribution in [2.24, 2.45) is 0 Å². The number of carbonyl (C=O) groups is 1. The molecule has 2 aliphatic rings. The largest absolute Gasteiger partial charge is 0.467 e. The first kappa shape index (κ1) is 20.0. The van der Waals surface area contributed by atoms with Gasteiger partial charge in [0, 0.05) is 43.7 Å². The lowest BCUT2D eigenvalue weighted by Gasteiger charge is -2.32. The van der Waals surface area contributed by atoms with E-state index in [0.29, 0.717) is 42.0 Å². The van der Waals surface area contributed by atoms with Gasteiger partial charge in [0.1, 0.15) is 17.1 Å². The molecule has 4 rings (SSSR count). The van der Waals surface area contributed by atoms with Crippen LogP contribution in [0.4, 0.5) is 0 Å². The third kappa shape index (κ3) is 3.78. The van der Waals surface area contributed by atoms with Gasteiger partial charge in [-0.3, -0.25) is 9.59 Å². The summed E-state index contributed by atoms with van der Waals surface area (Å²) in [5.41, 5.74) is 2.38. The summed E-state index contributed by atoms with van der Waals surface area (Å²) in [6, 6.07) is 3.66. The zero-order valence-corrected chi connectivity index (χ0v) is 17.5. The van der Waals surface area contributed by atoms with Gasteiger partial charge in [0.05, 0.1) is 5.39 Å². The Morgan fingerprint density at radius 2 is 1.90 bits per heavy atom. The molecule has 156 valence electrons. The molecular formula is C23H29NO5. The third-order valence-corrected chi connectivity index (χ3v) is 6.16. The Hall–Kier alpha value is -2.34. The van der Waals surface area contributed by atoms with Gasteiger partial charge in [-0.15, -0.1) is 0 Å². The van der Waals surface area contributed by atoms with Gasteiger partial charge in [0.25, 0.3) is 0 Å². The lowest BCUT2D eigenvalue weighted by atomic mass is 9.90. The van der Waals surface area contributed by atoms with Crippen molar-refractivity contribution in [1.29, 1.82) is 0 Å². The van der Waals surface area contributed by atoms with Crippen molar-refractivity contribution in [2.75, 3.05) is 27.0 Å². The van der Waals surface area contributed by atoms with Crippen LogP contribution in [0.5, 0.6) is 5.75 Å². The first-order chi connectivity index (χ1) is 14.0. The smallest absolute Gasteiger partial charge is 0.222 e. The molecule has 29 heavy (non-hydrogen) atoms. The molecule has 0 spiro atoms. The number of nitrogens with zero attached hydrogens (tertiary/aromatic N) is 1. The Bertz CT molecular complexity index is 967. The molecule has 2 fully saturated rings. The number of hydrogen-bond acceptors (Lipinski definition) is 5. The lowest BCUT2D eigenvalue weighted by Crippen LogP contribution is -2.37. The molecule has 2 heterocycles. The fourth-order valence-corrected chi connectivity index (χ4v) is 4.38. The van der Waals surface area contributed by atoms with Crippen molar-refractivity contribution in [3.05, 3.63) is 39.2 Å². The molecule has 0 unspecified atom stereocenters. The summed E-state index contributed by atoms with van der Waals surface area (Å²) in [7, 11) is 1.59. The number of carbonyl (C=O) groups excluding carboxylic acids is 1. The maximum atomic E-state index is 13.1. The van der Waals surface area contributed by atoms with Crippen LogP contribution in [0.25, 0.3) is 11.0 Å². The Morgan fingerprint density at radius 1 is 1.17 bits per heavy atom. The standard InChI is InChI=1S/C23H29NO5/c1-4-19(25)24-11-9-16(10-12-24)22-14(2)21(26)17-7-8-18(28-13-27-3)20(15-5-6-15)23(17)29-22/h7-8,15-16H,4-6,9-13H2,1-3H3. The van der Waals surface area contributed by atoms with E-state index < -0.39 is 0 Å². The number of piperidine rings is 1. The molecule has 0 bridgehead atoms. The molecule has 0 atom stereocenters. The molecule has 1 aromatic heterocycles. The van der Waals surface area contributed by atoms with Crippen LogP contribution in [0.1, 0.15) is 67.8 Å². The molecule has 6 nitrogen and oxygen atoms in total. The summed E-state index contributed by atoms with van der Waals surface area (Å²) in [4.78, 5) is 27.0. The summed E-state index contributed by atoms with van der Waals surface area (Å²) in [5.74, 6) is 2.23. The van der Waals surface area contributed by atoms with Crippen LogP contribution in [0.15, 0.2) is 21.3 Å². The Kier molecular flexibility index (Phi) is 5.63. The van der Waals surface area contributed by atoms with Crippen molar-refractivity contribution in [3.8, 4) is 5.75 Å². The lowest BCUT2D eigenvalue weighted by molar-refractivity contribution is -0.131. The summed E-state index contributed by atoms with van der Waals surface area (Å²) < 4.78 is 17.3. The number of amides is 1. The van der Waals surface area contributed by atoms with Crippen LogP contribution >= 0.6 is 0 Å². The summed E-state index contributed by atoms with van der Waals surface area (Å²) in [5, 5.41) is 0.622. The molecule has 1 saturated heterocycles. The minimum atomic E-state index is 0.0357. The normalized spacial score (nSPS) is 17.7. The van der Waals surface area contributed by atoms with Crippen molar-refractivity contribution in [1.82, 2.24) is 4.90 Å². The Morgan fingerprint density at radius 3 is 2.52 bits per heavy atom. The van der Waals surface area contributed by atoms with Gasteiger partial charge < -0.3 is 18.8 Å². The van der Waals surface area contributed by atoms with E-state index >= 15 is 0 Å². The van der Waals surface area contributed by atoms with Crippen molar-refractivity contribution in [3.63, 3.8) is 0 Å². The first-order valence-electron chi connectivity index (χ1n) is 10.5. The number of ether oxygens (including phenoxy) is 2. The molecule has 1 aromatic carbocycles. The van der Waals surface area contributed by atoms with E-state index in [0.717, 1.165) is 42.8 Å². The van der Waals surface area contributed by atoms with Crippen LogP contribution in [0.2, 0.25) is 0 Å². The number of hydrogen-bond donors (Lipinski definition) is 0. The Balaban J connectivity index is 1.74. The van der Waals surface area contributed by atoms with Gasteiger partial charge in [0.2, 0.25) is 5.91 Å². The highest BCUT2D eigenvalue weighted by Gasteiger charge is 2.33. The van der Waals surface area contributed by atoms with Crippen LogP contribution in [0, 0.1) is 6.92 Å². The highest BCUT2D eigenvalue weighted by atomic mass is 16.7. The molecule has 1 saturated carbocycles. The number of fused-ring (bicyclic) bond motifs is 1. The molecule has 1 aliphatic heterocycles. The second-order valence-corrected chi connectivity index (χ2v) is 8.11. The monoisotopic (exact) mass is 399 g/mol. The zero-order chi connectivity index (χ0) is 20.5. The summed E-state index contributed by atoms with van der Waals surface area (Å²) in [6.07, 6.45) is 4.32. The van der Waals surface area contributed by atoms with Gasteiger partial charge >= 0.3 is 0 Å². The summed E-state index contributed by atoms with van der Waals surface area (Å²) in [6.45, 7) is 5.34. The molecule has 2 aromatic rings. The van der Waals surface area contributed by atoms with Gasteiger partial charge in [0.15, 0.2) is 12.2 Å². The van der Waals surface area contributed by atoms with E-state index in [1.165, 1.54) is 0 Å². The number of benzene rings is 1. The average molecular weight is 399 g/mol. The molecule has 6 heteroatoms. The number of rotatable bonds is 6. The maximum absolute atomic E-state index is 13.1. The second kappa shape index (κ2) is 8.19. The topological polar surface area (TPSA) is 69.0 Å². The van der Waals surface area contributed by atoms with E-state index in [9.17, 15) is 9.59 Å². The van der Waals surface area contributed by atoms with Gasteiger partial charge in [-0.1, -0.05) is 6.92 Å². The van der Waals surface area contributed by atoms with Crippen LogP contribution < -0.4 is 10.2 Å². The van der Waals surface area contributed by atoms with Crippen LogP contribution in [-0.2, 0) is 9.53 Å². The zero-order valence-electron chi connectivity index (χ0n) is 17.5. The van der Waals surface area contributed by atoms with Crippen molar-refractivity contribution >= 4 is 16.9 Å². The first-order valence-corrected chi connectivity index (χ1v) is 10.5. The van der Waals surface area contributed by atoms with E-state index in [-0.39, 0.29) is 24.0 Å². The van der Waals surface area contributed by atoms with E-state index in [4.69, 9.17) is 13.9 Å². The van der Waals surface area contributed by atoms with Gasteiger partial charge in [-0.2, -0.15) is 0 Å². The van der Waals surface area contributed by atoms with Crippen LogP contribution in [-0.4, -0.2) is 37.8 Å². The van der Waals surface area contributed by atoms with E-state index in [2.05, 4.69) is 0 Å². The SMILES string of the molecule is CCC(=O)N1CCC(c2oc3c(C4CC4)c(OCOC)ccc3c(=O)c2C)CC1. The van der Waals surface area contributed by atoms with Crippen molar-refractivity contribution in [2.45, 2.75) is 57.8 Å². The molecule has 0 N–H and O–H groups in total. The van der Waals surface area contributed by atoms with Gasteiger partial charge in [-0.05, 0) is 50.7 Å². The minimum absolute atomic E-state index is 0.0357. The summed E-state index contributed by atoms with van der Waals surface area (Å²) >= 11 is 0. The van der Waals surface area contributed by atoms with Crippen LogP contribution in [0.3, 0.4) is 0 Å². The van der Waals surface area contributed by atoms with E-state index in [1.807, 2.05) is 24.8 Å². The fraction of sp³-hybridized carbons (Fsp3) is 0.565. The van der Waals surface area contributed by atoms with E-state index in [1.54, 1.807) is 13.2 Å². The second-order valence-electron chi connectivity index (χ2n) is 8.11. The predicted octanol–water partition coefficient (Wildman–Crippen LogP) is 4.08. The van der Waals surface area contributed by atoms with Crippen molar-refractivity contribution < 1.29 is 18.7 Å². The highest BCUT2D eigenvalue weighted by Crippen LogP contribution is 2.48. The fourth-order valence-electron chi connectivity index (χ4n) is 4.38. The maximum Gasteiger partial charge on any atom is 0.222 e. The minimum Gasteiger partial charge on any atom is -0.467 e. The number of methoxy groups -OCH3 is 1. The molecule has 1 amide bonds. The quantitative estimate of drug-likeness (QED) is 0.685. The number of likely N-dealkylation sites (tertiary alicyclic amines) is 1. The molecular weight excluding hydrogens is 370 g/mol. The molecule has 1 aliphatic carbocycles.